The number of fused-ring (bicyclic) bond motifs is 1. The fourth-order valence-corrected chi connectivity index (χ4v) is 3.63. The van der Waals surface area contributed by atoms with Gasteiger partial charge >= 0.3 is 0 Å². The van der Waals surface area contributed by atoms with Gasteiger partial charge in [0.15, 0.2) is 5.16 Å². The molecule has 0 fully saturated rings. The predicted octanol–water partition coefficient (Wildman–Crippen LogP) is 2.99. The molecule has 1 atom stereocenters. The summed E-state index contributed by atoms with van der Waals surface area (Å²) in [6.45, 7) is 5.77. The highest BCUT2D eigenvalue weighted by atomic mass is 32.2. The molecule has 0 saturated carbocycles. The van der Waals surface area contributed by atoms with Crippen LogP contribution in [0, 0.1) is 17.2 Å². The van der Waals surface area contributed by atoms with Crippen molar-refractivity contribution in [3.8, 4) is 6.07 Å². The normalized spacial score (nSPS) is 13.0. The summed E-state index contributed by atoms with van der Waals surface area (Å²) in [7, 11) is 0. The molecule has 2 aromatic heterocycles. The summed E-state index contributed by atoms with van der Waals surface area (Å²) in [4.78, 5) is 34.3. The topological polar surface area (TPSA) is 101 Å². The molecule has 2 heterocycles. The van der Waals surface area contributed by atoms with Gasteiger partial charge in [-0.2, -0.15) is 5.26 Å². The zero-order chi connectivity index (χ0) is 21.7. The van der Waals surface area contributed by atoms with Gasteiger partial charge in [0.05, 0.1) is 29.3 Å². The van der Waals surface area contributed by atoms with E-state index in [0.717, 1.165) is 5.56 Å². The van der Waals surface area contributed by atoms with Crippen molar-refractivity contribution >= 4 is 28.6 Å². The van der Waals surface area contributed by atoms with Crippen LogP contribution in [-0.2, 0) is 11.3 Å². The Hall–Kier alpha value is -3.18. The molecule has 154 valence electrons. The van der Waals surface area contributed by atoms with Gasteiger partial charge in [-0.15, -0.1) is 0 Å². The molecule has 7 nitrogen and oxygen atoms in total. The van der Waals surface area contributed by atoms with Gasteiger partial charge in [-0.1, -0.05) is 43.8 Å². The highest BCUT2D eigenvalue weighted by Crippen LogP contribution is 2.20. The van der Waals surface area contributed by atoms with Gasteiger partial charge in [0.2, 0.25) is 5.91 Å². The molecule has 8 heteroatoms. The summed E-state index contributed by atoms with van der Waals surface area (Å²) in [5.74, 6) is -0.283. The second-order valence-corrected chi connectivity index (χ2v) is 8.41. The van der Waals surface area contributed by atoms with E-state index < -0.39 is 5.54 Å². The number of aromatic nitrogens is 3. The van der Waals surface area contributed by atoms with Gasteiger partial charge in [0.1, 0.15) is 5.54 Å². The minimum absolute atomic E-state index is 0.0426. The van der Waals surface area contributed by atoms with E-state index in [1.54, 1.807) is 42.1 Å². The molecule has 0 aliphatic rings. The van der Waals surface area contributed by atoms with Crippen molar-refractivity contribution in [2.45, 2.75) is 38.0 Å². The summed E-state index contributed by atoms with van der Waals surface area (Å²) in [6.07, 6.45) is 3.37. The van der Waals surface area contributed by atoms with E-state index in [1.165, 1.54) is 11.8 Å². The summed E-state index contributed by atoms with van der Waals surface area (Å²) < 4.78 is 1.56. The molecule has 1 aromatic carbocycles. The average molecular weight is 422 g/mol. The van der Waals surface area contributed by atoms with Crippen LogP contribution in [0.4, 0.5) is 0 Å². The Balaban J connectivity index is 1.90. The molecule has 30 heavy (non-hydrogen) atoms. The number of benzene rings is 1. The van der Waals surface area contributed by atoms with Crippen molar-refractivity contribution in [3.05, 3.63) is 64.7 Å². The van der Waals surface area contributed by atoms with Crippen LogP contribution in [0.2, 0.25) is 0 Å². The second-order valence-electron chi connectivity index (χ2n) is 7.47. The predicted molar refractivity (Wildman–Crippen MR) is 117 cm³/mol. The molecular formula is C22H23N5O2S. The van der Waals surface area contributed by atoms with E-state index in [-0.39, 0.29) is 23.1 Å². The number of thioether (sulfide) groups is 1. The molecule has 0 aliphatic carbocycles. The first-order valence-corrected chi connectivity index (χ1v) is 10.6. The molecular weight excluding hydrogens is 398 g/mol. The molecule has 0 bridgehead atoms. The van der Waals surface area contributed by atoms with Gasteiger partial charge in [-0.3, -0.25) is 19.1 Å². The molecule has 1 amide bonds. The van der Waals surface area contributed by atoms with Gasteiger partial charge in [0, 0.05) is 12.4 Å². The van der Waals surface area contributed by atoms with Crippen molar-refractivity contribution in [1.29, 1.82) is 5.26 Å². The van der Waals surface area contributed by atoms with Crippen molar-refractivity contribution < 1.29 is 4.79 Å². The number of hydrogen-bond acceptors (Lipinski definition) is 6. The third-order valence-corrected chi connectivity index (χ3v) is 5.98. The van der Waals surface area contributed by atoms with E-state index in [0.29, 0.717) is 22.6 Å². The van der Waals surface area contributed by atoms with Crippen molar-refractivity contribution in [1.82, 2.24) is 19.9 Å². The van der Waals surface area contributed by atoms with E-state index >= 15 is 0 Å². The van der Waals surface area contributed by atoms with Crippen LogP contribution in [-0.4, -0.2) is 31.7 Å². The Morgan fingerprint density at radius 3 is 2.73 bits per heavy atom. The molecule has 0 spiro atoms. The Labute approximate surface area is 179 Å². The highest BCUT2D eigenvalue weighted by molar-refractivity contribution is 7.99. The third kappa shape index (κ3) is 4.69. The van der Waals surface area contributed by atoms with E-state index in [2.05, 4.69) is 21.4 Å². The van der Waals surface area contributed by atoms with E-state index in [9.17, 15) is 14.9 Å². The number of nitrogens with zero attached hydrogens (tertiary/aromatic N) is 4. The number of carbonyl (C=O) groups excluding carboxylic acids is 1. The maximum absolute atomic E-state index is 13.1. The number of rotatable bonds is 7. The number of nitrogens with one attached hydrogen (secondary N) is 1. The van der Waals surface area contributed by atoms with E-state index in [4.69, 9.17) is 0 Å². The van der Waals surface area contributed by atoms with Crippen LogP contribution in [0.3, 0.4) is 0 Å². The lowest BCUT2D eigenvalue weighted by molar-refractivity contribution is -0.120. The summed E-state index contributed by atoms with van der Waals surface area (Å²) in [6, 6.07) is 13.0. The number of carbonyl (C=O) groups is 1. The van der Waals surface area contributed by atoms with Crippen LogP contribution in [0.1, 0.15) is 26.3 Å². The number of amides is 1. The van der Waals surface area contributed by atoms with Gasteiger partial charge in [0.25, 0.3) is 5.56 Å². The third-order valence-electron chi connectivity index (χ3n) is 5.01. The van der Waals surface area contributed by atoms with Crippen LogP contribution in [0.15, 0.2) is 58.7 Å². The Bertz CT molecular complexity index is 1150. The van der Waals surface area contributed by atoms with Gasteiger partial charge in [-0.05, 0) is 36.6 Å². The molecule has 1 N–H and O–H groups in total. The zero-order valence-electron chi connectivity index (χ0n) is 17.1. The fourth-order valence-electron chi connectivity index (χ4n) is 2.83. The number of para-hydroxylation sites is 1. The second kappa shape index (κ2) is 9.09. The van der Waals surface area contributed by atoms with Gasteiger partial charge in [-0.25, -0.2) is 4.98 Å². The van der Waals surface area contributed by atoms with Crippen molar-refractivity contribution in [2.75, 3.05) is 5.75 Å². The Kier molecular flexibility index (Phi) is 6.53. The number of hydrogen-bond donors (Lipinski definition) is 1. The summed E-state index contributed by atoms with van der Waals surface area (Å²) in [5.41, 5.74) is 0.317. The Morgan fingerprint density at radius 2 is 2.07 bits per heavy atom. The molecule has 0 aliphatic heterocycles. The van der Waals surface area contributed by atoms with Crippen molar-refractivity contribution in [3.63, 3.8) is 0 Å². The van der Waals surface area contributed by atoms with Gasteiger partial charge < -0.3 is 5.32 Å². The minimum Gasteiger partial charge on any atom is -0.337 e. The summed E-state index contributed by atoms with van der Waals surface area (Å²) in [5, 5.41) is 13.2. The molecule has 0 radical (unpaired) electrons. The van der Waals surface area contributed by atoms with E-state index in [1.807, 2.05) is 32.0 Å². The molecule has 3 aromatic rings. The number of pyridine rings is 1. The average Bonchev–Trinajstić information content (AvgIpc) is 2.75. The quantitative estimate of drug-likeness (QED) is 0.465. The SMILES string of the molecule is CC(C)C(C)(C#N)NC(=O)CSc1nc2ccccc2c(=O)n1Cc1cccnc1. The monoisotopic (exact) mass is 421 g/mol. The van der Waals surface area contributed by atoms with Crippen LogP contribution in [0.5, 0.6) is 0 Å². The maximum Gasteiger partial charge on any atom is 0.262 e. The largest absolute Gasteiger partial charge is 0.337 e. The lowest BCUT2D eigenvalue weighted by atomic mass is 9.90. The smallest absolute Gasteiger partial charge is 0.262 e. The number of nitriles is 1. The maximum atomic E-state index is 13.1. The molecule has 0 saturated heterocycles. The first kappa shape index (κ1) is 21.5. The first-order valence-electron chi connectivity index (χ1n) is 9.57. The zero-order valence-corrected chi connectivity index (χ0v) is 17.9. The first-order chi connectivity index (χ1) is 14.3. The Morgan fingerprint density at radius 1 is 1.30 bits per heavy atom. The molecule has 3 rings (SSSR count). The van der Waals surface area contributed by atoms with Crippen LogP contribution < -0.4 is 10.9 Å². The van der Waals surface area contributed by atoms with Crippen LogP contribution >= 0.6 is 11.8 Å². The fraction of sp³-hybridized carbons (Fsp3) is 0.318. The lowest BCUT2D eigenvalue weighted by Gasteiger charge is -2.27. The van der Waals surface area contributed by atoms with Crippen molar-refractivity contribution in [2.24, 2.45) is 5.92 Å². The standard InChI is InChI=1S/C22H23N5O2S/c1-15(2)22(3,14-23)26-19(28)13-30-21-25-18-9-5-4-8-17(18)20(29)27(21)12-16-7-6-10-24-11-16/h4-11,15H,12-13H2,1-3H3,(H,26,28). The lowest BCUT2D eigenvalue weighted by Crippen LogP contribution is -2.49. The van der Waals surface area contributed by atoms with Crippen LogP contribution in [0.25, 0.3) is 10.9 Å². The molecule has 1 unspecified atom stereocenters. The highest BCUT2D eigenvalue weighted by Gasteiger charge is 2.30. The summed E-state index contributed by atoms with van der Waals surface area (Å²) >= 11 is 1.18. The minimum atomic E-state index is -0.955.